The highest BCUT2D eigenvalue weighted by molar-refractivity contribution is 6.13. The predicted molar refractivity (Wildman–Crippen MR) is 118 cm³/mol. The first-order valence-corrected chi connectivity index (χ1v) is 9.62. The van der Waals surface area contributed by atoms with Crippen LogP contribution in [0.25, 0.3) is 33.1 Å². The number of pyridine rings is 2. The molecule has 1 aromatic carbocycles. The van der Waals surface area contributed by atoms with Crippen molar-refractivity contribution in [3.63, 3.8) is 0 Å². The first-order valence-electron chi connectivity index (χ1n) is 9.62. The first-order chi connectivity index (χ1) is 14.5. The van der Waals surface area contributed by atoms with Gasteiger partial charge in [0.1, 0.15) is 0 Å². The number of aromatic amines is 1. The Balaban J connectivity index is 1.68. The van der Waals surface area contributed by atoms with E-state index in [-0.39, 0.29) is 5.88 Å². The van der Waals surface area contributed by atoms with Crippen molar-refractivity contribution in [2.24, 2.45) is 12.0 Å². The van der Waals surface area contributed by atoms with Gasteiger partial charge in [0.2, 0.25) is 0 Å². The number of aromatic nitrogens is 5. The molecule has 0 saturated heterocycles. The summed E-state index contributed by atoms with van der Waals surface area (Å²) >= 11 is 0. The van der Waals surface area contributed by atoms with Gasteiger partial charge < -0.3 is 10.1 Å². The molecule has 148 valence electrons. The van der Waals surface area contributed by atoms with Crippen molar-refractivity contribution in [3.05, 3.63) is 66.1 Å². The second kappa shape index (κ2) is 6.81. The van der Waals surface area contributed by atoms with Gasteiger partial charge in [-0.25, -0.2) is 4.99 Å². The molecule has 0 aliphatic heterocycles. The van der Waals surface area contributed by atoms with Gasteiger partial charge in [0.25, 0.3) is 0 Å². The topological polar surface area (TPSA) is 92.0 Å². The minimum atomic E-state index is 0.0633. The van der Waals surface area contributed by atoms with Crippen LogP contribution < -0.4 is 0 Å². The number of nitrogens with one attached hydrogen (secondary N) is 1. The Morgan fingerprint density at radius 2 is 1.97 bits per heavy atom. The van der Waals surface area contributed by atoms with Gasteiger partial charge in [-0.05, 0) is 43.7 Å². The number of nitrogens with zero attached hydrogens (tertiary/aromatic N) is 5. The Morgan fingerprint density at radius 1 is 1.13 bits per heavy atom. The van der Waals surface area contributed by atoms with Crippen molar-refractivity contribution in [1.29, 1.82) is 0 Å². The van der Waals surface area contributed by atoms with Gasteiger partial charge in [-0.15, -0.1) is 0 Å². The lowest BCUT2D eigenvalue weighted by atomic mass is 10.0. The summed E-state index contributed by atoms with van der Waals surface area (Å²) in [6.07, 6.45) is 5.29. The zero-order chi connectivity index (χ0) is 20.8. The van der Waals surface area contributed by atoms with Crippen LogP contribution in [0.5, 0.6) is 5.88 Å². The summed E-state index contributed by atoms with van der Waals surface area (Å²) in [5.41, 5.74) is 5.90. The normalized spacial score (nSPS) is 12.2. The molecule has 5 aromatic rings. The highest BCUT2D eigenvalue weighted by Crippen LogP contribution is 2.33. The number of fused-ring (bicyclic) bond motifs is 2. The zero-order valence-electron chi connectivity index (χ0n) is 16.9. The molecule has 0 atom stereocenters. The number of rotatable bonds is 3. The summed E-state index contributed by atoms with van der Waals surface area (Å²) in [6, 6.07) is 11.9. The standard InChI is InChI=1S/C23H20N6O/c1-13-8-9-24-11-17(13)18-10-16-19(12-25-18)27-23(30)21(16)14(2)26-22-15-6-4-5-7-20(15)29(3)28-22/h4-12,27,30H,1-3H3. The third kappa shape index (κ3) is 2.83. The Bertz CT molecular complexity index is 1440. The van der Waals surface area contributed by atoms with E-state index in [9.17, 15) is 5.11 Å². The minimum Gasteiger partial charge on any atom is -0.494 e. The fourth-order valence-electron chi connectivity index (χ4n) is 3.82. The third-order valence-electron chi connectivity index (χ3n) is 5.35. The van der Waals surface area contributed by atoms with Crippen LogP contribution in [-0.2, 0) is 7.05 Å². The first kappa shape index (κ1) is 18.1. The third-order valence-corrected chi connectivity index (χ3v) is 5.35. The van der Waals surface area contributed by atoms with Crippen molar-refractivity contribution >= 4 is 33.3 Å². The molecule has 0 saturated carbocycles. The van der Waals surface area contributed by atoms with E-state index in [1.807, 2.05) is 62.0 Å². The summed E-state index contributed by atoms with van der Waals surface area (Å²) in [6.45, 7) is 3.90. The Hall–Kier alpha value is -4.00. The molecule has 0 aliphatic rings. The molecule has 0 amide bonds. The molecule has 30 heavy (non-hydrogen) atoms. The lowest BCUT2D eigenvalue weighted by molar-refractivity contribution is 0.457. The lowest BCUT2D eigenvalue weighted by Gasteiger charge is -2.05. The second-order valence-corrected chi connectivity index (χ2v) is 7.32. The van der Waals surface area contributed by atoms with Crippen molar-refractivity contribution in [2.75, 3.05) is 0 Å². The number of benzene rings is 1. The fraction of sp³-hybridized carbons (Fsp3) is 0.130. The molecule has 0 spiro atoms. The summed E-state index contributed by atoms with van der Waals surface area (Å²) in [4.78, 5) is 16.5. The monoisotopic (exact) mass is 396 g/mol. The van der Waals surface area contributed by atoms with Gasteiger partial charge in [0.05, 0.1) is 34.2 Å². The van der Waals surface area contributed by atoms with E-state index >= 15 is 0 Å². The Kier molecular flexibility index (Phi) is 4.10. The number of aromatic hydroxyl groups is 1. The molecule has 4 aromatic heterocycles. The van der Waals surface area contributed by atoms with Gasteiger partial charge in [0, 0.05) is 35.8 Å². The predicted octanol–water partition coefficient (Wildman–Crippen LogP) is 4.67. The minimum absolute atomic E-state index is 0.0633. The number of H-pyrrole nitrogens is 1. The van der Waals surface area contributed by atoms with Crippen LogP contribution in [0, 0.1) is 6.92 Å². The molecule has 0 unspecified atom stereocenters. The zero-order valence-corrected chi connectivity index (χ0v) is 16.9. The van der Waals surface area contributed by atoms with Crippen molar-refractivity contribution < 1.29 is 5.11 Å². The highest BCUT2D eigenvalue weighted by Gasteiger charge is 2.17. The van der Waals surface area contributed by atoms with E-state index in [0.29, 0.717) is 17.1 Å². The summed E-state index contributed by atoms with van der Waals surface area (Å²) in [7, 11) is 1.90. The lowest BCUT2D eigenvalue weighted by Crippen LogP contribution is -1.95. The largest absolute Gasteiger partial charge is 0.494 e. The van der Waals surface area contributed by atoms with E-state index in [2.05, 4.69) is 20.1 Å². The van der Waals surface area contributed by atoms with Gasteiger partial charge in [-0.2, -0.15) is 5.10 Å². The molecule has 0 radical (unpaired) electrons. The van der Waals surface area contributed by atoms with Crippen LogP contribution in [0.4, 0.5) is 5.82 Å². The number of hydrogen-bond acceptors (Lipinski definition) is 5. The van der Waals surface area contributed by atoms with Crippen LogP contribution in [-0.4, -0.2) is 35.6 Å². The summed E-state index contributed by atoms with van der Waals surface area (Å²) in [5, 5.41) is 17.0. The molecular formula is C23H20N6O. The maximum absolute atomic E-state index is 10.6. The van der Waals surface area contributed by atoms with Gasteiger partial charge >= 0.3 is 0 Å². The Labute approximate surface area is 172 Å². The van der Waals surface area contributed by atoms with Crippen LogP contribution in [0.3, 0.4) is 0 Å². The molecule has 7 heteroatoms. The fourth-order valence-corrected chi connectivity index (χ4v) is 3.82. The van der Waals surface area contributed by atoms with Crippen LogP contribution in [0.15, 0.2) is 60.0 Å². The highest BCUT2D eigenvalue weighted by atomic mass is 16.3. The maximum atomic E-state index is 10.6. The quantitative estimate of drug-likeness (QED) is 0.434. The summed E-state index contributed by atoms with van der Waals surface area (Å²) < 4.78 is 1.81. The molecular weight excluding hydrogens is 376 g/mol. The van der Waals surface area contributed by atoms with E-state index in [1.54, 1.807) is 18.6 Å². The average molecular weight is 396 g/mol. The number of aliphatic imine (C=N–C) groups is 1. The van der Waals surface area contributed by atoms with E-state index in [4.69, 9.17) is 4.99 Å². The van der Waals surface area contributed by atoms with Crippen LogP contribution in [0.2, 0.25) is 0 Å². The molecule has 7 nitrogen and oxygen atoms in total. The molecule has 0 aliphatic carbocycles. The van der Waals surface area contributed by atoms with Gasteiger partial charge in [-0.3, -0.25) is 14.6 Å². The smallest absolute Gasteiger partial charge is 0.198 e. The summed E-state index contributed by atoms with van der Waals surface area (Å²) in [5.74, 6) is 0.685. The Morgan fingerprint density at radius 3 is 2.80 bits per heavy atom. The molecule has 0 fully saturated rings. The van der Waals surface area contributed by atoms with Crippen LogP contribution in [0.1, 0.15) is 18.1 Å². The van der Waals surface area contributed by atoms with E-state index in [0.717, 1.165) is 38.6 Å². The van der Waals surface area contributed by atoms with E-state index in [1.165, 1.54) is 0 Å². The number of para-hydroxylation sites is 1. The molecule has 2 N–H and O–H groups in total. The molecule has 0 bridgehead atoms. The van der Waals surface area contributed by atoms with E-state index < -0.39 is 0 Å². The molecule has 4 heterocycles. The number of hydrogen-bond donors (Lipinski definition) is 2. The molecule has 5 rings (SSSR count). The van der Waals surface area contributed by atoms with Crippen molar-refractivity contribution in [3.8, 4) is 17.1 Å². The maximum Gasteiger partial charge on any atom is 0.198 e. The van der Waals surface area contributed by atoms with Gasteiger partial charge in [-0.1, -0.05) is 12.1 Å². The second-order valence-electron chi connectivity index (χ2n) is 7.32. The van der Waals surface area contributed by atoms with Crippen molar-refractivity contribution in [2.45, 2.75) is 13.8 Å². The number of aryl methyl sites for hydroxylation is 2. The van der Waals surface area contributed by atoms with Crippen molar-refractivity contribution in [1.82, 2.24) is 24.7 Å². The van der Waals surface area contributed by atoms with Gasteiger partial charge in [0.15, 0.2) is 11.7 Å². The van der Waals surface area contributed by atoms with Crippen LogP contribution >= 0.6 is 0 Å². The SMILES string of the molecule is CC(=Nc1nn(C)c2ccccc12)c1c(O)[nH]c2cnc(-c3cnccc3C)cc12. The average Bonchev–Trinajstić information content (AvgIpc) is 3.24.